The van der Waals surface area contributed by atoms with Gasteiger partial charge in [-0.1, -0.05) is 38.6 Å². The summed E-state index contributed by atoms with van der Waals surface area (Å²) in [6, 6.07) is 11.9. The largest absolute Gasteiger partial charge is 0.507 e. The van der Waals surface area contributed by atoms with Crippen molar-refractivity contribution in [2.24, 2.45) is 5.92 Å². The molecule has 2 aromatic carbocycles. The molecule has 8 nitrogen and oxygen atoms in total. The average Bonchev–Trinajstić information content (AvgIpc) is 3.19. The summed E-state index contributed by atoms with van der Waals surface area (Å²) in [6.45, 7) is 14.4. The Morgan fingerprint density at radius 2 is 1.77 bits per heavy atom. The molecule has 1 N–H and O–H groups in total. The van der Waals surface area contributed by atoms with Crippen LogP contribution in [0.15, 0.2) is 60.7 Å². The van der Waals surface area contributed by atoms with Gasteiger partial charge in [-0.15, -0.1) is 0 Å². The molecule has 2 aromatic rings. The van der Waals surface area contributed by atoms with E-state index in [-0.39, 0.29) is 11.3 Å². The van der Waals surface area contributed by atoms with Crippen LogP contribution in [-0.4, -0.2) is 79.2 Å². The lowest BCUT2D eigenvalue weighted by Gasteiger charge is -2.31. The molecule has 2 saturated heterocycles. The Hall–Kier alpha value is -3.62. The highest BCUT2D eigenvalue weighted by Crippen LogP contribution is 2.40. The molecule has 0 saturated carbocycles. The molecule has 39 heavy (non-hydrogen) atoms. The second-order valence-electron chi connectivity index (χ2n) is 10.3. The molecular formula is C31H38N2O6. The lowest BCUT2D eigenvalue weighted by molar-refractivity contribution is -0.140. The number of aliphatic hydroxyl groups is 1. The summed E-state index contributed by atoms with van der Waals surface area (Å²) in [6.07, 6.45) is 1.66. The van der Waals surface area contributed by atoms with Crippen LogP contribution in [0.2, 0.25) is 0 Å². The number of carbonyl (C=O) groups excluding carboxylic acids is 2. The maximum Gasteiger partial charge on any atom is 0.295 e. The van der Waals surface area contributed by atoms with Crippen molar-refractivity contribution in [1.82, 2.24) is 9.80 Å². The Labute approximate surface area is 230 Å². The number of hydrogen-bond acceptors (Lipinski definition) is 7. The molecule has 0 aliphatic carbocycles. The van der Waals surface area contributed by atoms with Crippen LogP contribution in [-0.2, 0) is 14.3 Å². The molecule has 208 valence electrons. The van der Waals surface area contributed by atoms with E-state index in [1.807, 2.05) is 25.1 Å². The van der Waals surface area contributed by atoms with Gasteiger partial charge in [0, 0.05) is 31.7 Å². The van der Waals surface area contributed by atoms with Gasteiger partial charge in [-0.3, -0.25) is 14.5 Å². The first-order chi connectivity index (χ1) is 18.8. The summed E-state index contributed by atoms with van der Waals surface area (Å²) in [5.74, 6) is 0.224. The van der Waals surface area contributed by atoms with E-state index in [2.05, 4.69) is 25.3 Å². The highest BCUT2D eigenvalue weighted by atomic mass is 16.5. The minimum Gasteiger partial charge on any atom is -0.507 e. The van der Waals surface area contributed by atoms with E-state index in [9.17, 15) is 14.7 Å². The Morgan fingerprint density at radius 3 is 2.41 bits per heavy atom. The highest BCUT2D eigenvalue weighted by Gasteiger charge is 2.46. The Kier molecular flexibility index (Phi) is 9.43. The number of benzene rings is 2. The molecule has 0 aromatic heterocycles. The minimum atomic E-state index is -0.726. The molecule has 8 heteroatoms. The smallest absolute Gasteiger partial charge is 0.295 e. The summed E-state index contributed by atoms with van der Waals surface area (Å²) < 4.78 is 16.9. The number of carbonyl (C=O) groups is 2. The standard InChI is InChI=1S/C31H38N2O6/c1-5-16-38-24-8-6-23(7-9-24)28-27(29(34)26-11-10-25(19-22(26)4)39-20-21(2)3)30(35)31(36)33(28)13-12-32-14-17-37-18-15-32/h5-11,19,21,28,34H,1,12-18,20H2,2-4H3. The summed E-state index contributed by atoms with van der Waals surface area (Å²) >= 11 is 0. The highest BCUT2D eigenvalue weighted by molar-refractivity contribution is 6.46. The number of aliphatic hydroxyl groups excluding tert-OH is 1. The number of likely N-dealkylation sites (tertiary alicyclic amines) is 1. The first-order valence-electron chi connectivity index (χ1n) is 13.5. The zero-order valence-corrected chi connectivity index (χ0v) is 23.0. The van der Waals surface area contributed by atoms with Gasteiger partial charge in [-0.25, -0.2) is 0 Å². The molecule has 0 bridgehead atoms. The first kappa shape index (κ1) is 28.4. The number of nitrogens with zero attached hydrogens (tertiary/aromatic N) is 2. The molecule has 1 unspecified atom stereocenters. The van der Waals surface area contributed by atoms with Crippen LogP contribution >= 0.6 is 0 Å². The van der Waals surface area contributed by atoms with E-state index < -0.39 is 17.7 Å². The Balaban J connectivity index is 1.70. The number of ketones is 1. The third-order valence-electron chi connectivity index (χ3n) is 6.90. The van der Waals surface area contributed by atoms with Crippen molar-refractivity contribution in [2.75, 3.05) is 52.6 Å². The van der Waals surface area contributed by atoms with Crippen molar-refractivity contribution in [3.05, 3.63) is 77.4 Å². The third-order valence-corrected chi connectivity index (χ3v) is 6.90. The number of hydrogen-bond donors (Lipinski definition) is 1. The van der Waals surface area contributed by atoms with Crippen molar-refractivity contribution in [2.45, 2.75) is 26.8 Å². The minimum absolute atomic E-state index is 0.0840. The zero-order valence-electron chi connectivity index (χ0n) is 23.0. The van der Waals surface area contributed by atoms with Crippen LogP contribution in [0.5, 0.6) is 11.5 Å². The molecule has 0 spiro atoms. The quantitative estimate of drug-likeness (QED) is 0.198. The molecule has 2 aliphatic heterocycles. The number of aryl methyl sites for hydroxylation is 1. The normalized spacial score (nSPS) is 19.5. The molecule has 0 radical (unpaired) electrons. The lowest BCUT2D eigenvalue weighted by Crippen LogP contribution is -2.42. The van der Waals surface area contributed by atoms with E-state index in [1.165, 1.54) is 0 Å². The number of morpholine rings is 1. The van der Waals surface area contributed by atoms with Gasteiger partial charge >= 0.3 is 0 Å². The molecule has 1 amide bonds. The maximum atomic E-state index is 13.4. The molecule has 2 heterocycles. The molecule has 1 atom stereocenters. The molecule has 2 aliphatic rings. The summed E-state index contributed by atoms with van der Waals surface area (Å²) in [4.78, 5) is 30.5. The van der Waals surface area contributed by atoms with Crippen LogP contribution in [0, 0.1) is 12.8 Å². The third kappa shape index (κ3) is 6.69. The van der Waals surface area contributed by atoms with E-state index in [4.69, 9.17) is 14.2 Å². The molecular weight excluding hydrogens is 496 g/mol. The summed E-state index contributed by atoms with van der Waals surface area (Å²) in [5.41, 5.74) is 2.05. The second kappa shape index (κ2) is 13.0. The van der Waals surface area contributed by atoms with Gasteiger partial charge in [0.25, 0.3) is 11.7 Å². The zero-order chi connectivity index (χ0) is 27.9. The average molecular weight is 535 g/mol. The number of Topliss-reactive ketones (excluding diaryl/α,β-unsaturated/α-hetero) is 1. The fraction of sp³-hybridized carbons (Fsp3) is 0.419. The van der Waals surface area contributed by atoms with E-state index >= 15 is 0 Å². The van der Waals surface area contributed by atoms with Crippen LogP contribution < -0.4 is 9.47 Å². The van der Waals surface area contributed by atoms with Crippen molar-refractivity contribution in [1.29, 1.82) is 0 Å². The van der Waals surface area contributed by atoms with E-state index in [0.717, 1.165) is 24.2 Å². The lowest BCUT2D eigenvalue weighted by atomic mass is 9.94. The predicted octanol–water partition coefficient (Wildman–Crippen LogP) is 4.35. The molecule has 2 fully saturated rings. The van der Waals surface area contributed by atoms with Crippen LogP contribution in [0.25, 0.3) is 5.76 Å². The predicted molar refractivity (Wildman–Crippen MR) is 150 cm³/mol. The van der Waals surface area contributed by atoms with Gasteiger partial charge in [0.05, 0.1) is 31.4 Å². The van der Waals surface area contributed by atoms with Gasteiger partial charge in [0.1, 0.15) is 23.9 Å². The summed E-state index contributed by atoms with van der Waals surface area (Å²) in [5, 5.41) is 11.5. The first-order valence-corrected chi connectivity index (χ1v) is 13.5. The fourth-order valence-corrected chi connectivity index (χ4v) is 4.83. The number of rotatable bonds is 11. The van der Waals surface area contributed by atoms with Crippen molar-refractivity contribution in [3.63, 3.8) is 0 Å². The number of amides is 1. The van der Waals surface area contributed by atoms with Crippen LogP contribution in [0.1, 0.15) is 36.6 Å². The van der Waals surface area contributed by atoms with Gasteiger partial charge in [0.15, 0.2) is 0 Å². The van der Waals surface area contributed by atoms with Crippen LogP contribution in [0.3, 0.4) is 0 Å². The molecule has 4 rings (SSSR count). The number of ether oxygens (including phenoxy) is 3. The van der Waals surface area contributed by atoms with Gasteiger partial charge in [0.2, 0.25) is 0 Å². The maximum absolute atomic E-state index is 13.4. The SMILES string of the molecule is C=CCOc1ccc(C2C(=C(O)c3ccc(OCC(C)C)cc3C)C(=O)C(=O)N2CCN2CCOCC2)cc1. The monoisotopic (exact) mass is 534 g/mol. The van der Waals surface area contributed by atoms with Gasteiger partial charge in [-0.05, 0) is 54.3 Å². The van der Waals surface area contributed by atoms with Gasteiger partial charge in [-0.2, -0.15) is 0 Å². The second-order valence-corrected chi connectivity index (χ2v) is 10.3. The van der Waals surface area contributed by atoms with Crippen molar-refractivity contribution < 1.29 is 28.9 Å². The van der Waals surface area contributed by atoms with E-state index in [1.54, 1.807) is 35.2 Å². The fourth-order valence-electron chi connectivity index (χ4n) is 4.83. The topological polar surface area (TPSA) is 88.5 Å². The van der Waals surface area contributed by atoms with Gasteiger partial charge < -0.3 is 24.2 Å². The van der Waals surface area contributed by atoms with E-state index in [0.29, 0.717) is 62.5 Å². The van der Waals surface area contributed by atoms with Crippen LogP contribution in [0.4, 0.5) is 0 Å². The Morgan fingerprint density at radius 1 is 1.08 bits per heavy atom. The summed E-state index contributed by atoms with van der Waals surface area (Å²) in [7, 11) is 0. The van der Waals surface area contributed by atoms with Crippen molar-refractivity contribution >= 4 is 17.4 Å². The van der Waals surface area contributed by atoms with Crippen molar-refractivity contribution in [3.8, 4) is 11.5 Å². The Bertz CT molecular complexity index is 1210.